The molecular weight excluding hydrogens is 711 g/mol. The Labute approximate surface area is 305 Å². The van der Waals surface area contributed by atoms with E-state index in [2.05, 4.69) is 15.0 Å². The van der Waals surface area contributed by atoms with Crippen molar-refractivity contribution in [2.75, 3.05) is 48.4 Å². The normalized spacial score (nSPS) is 15.5. The van der Waals surface area contributed by atoms with Crippen LogP contribution in [0, 0.1) is 5.82 Å². The van der Waals surface area contributed by atoms with Crippen molar-refractivity contribution in [3.63, 3.8) is 0 Å². The van der Waals surface area contributed by atoms with Gasteiger partial charge >= 0.3 is 5.97 Å². The lowest BCUT2D eigenvalue weighted by atomic mass is 10.1. The zero-order chi connectivity index (χ0) is 37.7. The van der Waals surface area contributed by atoms with Gasteiger partial charge in [0.15, 0.2) is 17.2 Å². The number of halogens is 2. The van der Waals surface area contributed by atoms with Gasteiger partial charge in [-0.3, -0.25) is 19.4 Å². The summed E-state index contributed by atoms with van der Waals surface area (Å²) in [4.78, 5) is 56.8. The highest BCUT2D eigenvalue weighted by Crippen LogP contribution is 2.37. The first-order valence-electron chi connectivity index (χ1n) is 16.5. The number of aliphatic imine (C=N–C) groups is 1. The fourth-order valence-corrected chi connectivity index (χ4v) is 6.78. The van der Waals surface area contributed by atoms with E-state index in [4.69, 9.17) is 17.3 Å². The Morgan fingerprint density at radius 3 is 2.40 bits per heavy atom. The second-order valence-electron chi connectivity index (χ2n) is 12.6. The molecule has 0 bridgehead atoms. The summed E-state index contributed by atoms with van der Waals surface area (Å²) in [5.74, 6) is -4.05. The van der Waals surface area contributed by atoms with Gasteiger partial charge in [0.25, 0.3) is 11.9 Å². The van der Waals surface area contributed by atoms with E-state index in [1.807, 2.05) is 9.80 Å². The molecule has 0 unspecified atom stereocenters. The van der Waals surface area contributed by atoms with Gasteiger partial charge in [-0.05, 0) is 55.0 Å². The summed E-state index contributed by atoms with van der Waals surface area (Å²) in [6, 6.07) is 10.3. The van der Waals surface area contributed by atoms with Crippen LogP contribution in [-0.4, -0.2) is 90.3 Å². The lowest BCUT2D eigenvalue weighted by molar-refractivity contribution is -0.112. The monoisotopic (exact) mass is 742 g/mol. The Morgan fingerprint density at radius 2 is 1.74 bits per heavy atom. The molecule has 5 aromatic rings. The largest absolute Gasteiger partial charge is 0.504 e. The number of rotatable bonds is 8. The number of nitrogens with zero attached hydrogens (tertiary/aromatic N) is 7. The summed E-state index contributed by atoms with van der Waals surface area (Å²) in [6.07, 6.45) is 2.83. The van der Waals surface area contributed by atoms with E-state index in [0.717, 1.165) is 6.07 Å². The number of carboxylic acid groups (broad SMARTS) is 1. The van der Waals surface area contributed by atoms with E-state index in [1.54, 1.807) is 40.7 Å². The SMILES string of the molecule is CCn1cc(C(=O)O)c(=O)c2cc(F)c(N3CCN(CN4C(=O)/C(=N\c5ncc(Cc6cc(O)c(O)c(O)c6)c(N)n5)c5cc(Cl)ccc54)CC3)cc21. The Kier molecular flexibility index (Phi) is 9.09. The second kappa shape index (κ2) is 13.7. The summed E-state index contributed by atoms with van der Waals surface area (Å²) in [6.45, 7) is 4.13. The fourth-order valence-electron chi connectivity index (χ4n) is 6.60. The predicted octanol–water partition coefficient (Wildman–Crippen LogP) is 3.84. The Bertz CT molecular complexity index is 2410. The average Bonchev–Trinajstić information content (AvgIpc) is 3.37. The summed E-state index contributed by atoms with van der Waals surface area (Å²) in [7, 11) is 0. The van der Waals surface area contributed by atoms with Crippen molar-refractivity contribution >= 4 is 63.2 Å². The number of anilines is 3. The minimum absolute atomic E-state index is 0.00387. The highest BCUT2D eigenvalue weighted by atomic mass is 35.5. The molecule has 1 saturated heterocycles. The molecule has 0 radical (unpaired) electrons. The van der Waals surface area contributed by atoms with Gasteiger partial charge in [-0.25, -0.2) is 19.2 Å². The summed E-state index contributed by atoms with van der Waals surface area (Å²) in [5.41, 5.74) is 7.78. The van der Waals surface area contributed by atoms with Crippen molar-refractivity contribution in [1.29, 1.82) is 0 Å². The summed E-state index contributed by atoms with van der Waals surface area (Å²) >= 11 is 6.33. The first kappa shape index (κ1) is 35.2. The van der Waals surface area contributed by atoms with Crippen LogP contribution >= 0.6 is 11.6 Å². The van der Waals surface area contributed by atoms with Gasteiger partial charge in [-0.1, -0.05) is 11.6 Å². The second-order valence-corrected chi connectivity index (χ2v) is 13.1. The van der Waals surface area contributed by atoms with Crippen LogP contribution in [0.2, 0.25) is 5.02 Å². The molecular formula is C36H32ClFN8O7. The van der Waals surface area contributed by atoms with Crippen LogP contribution in [0.15, 0.2) is 64.6 Å². The van der Waals surface area contributed by atoms with Gasteiger partial charge in [0.1, 0.15) is 22.9 Å². The van der Waals surface area contributed by atoms with E-state index in [0.29, 0.717) is 65.6 Å². The number of pyridine rings is 1. The maximum atomic E-state index is 15.5. The molecule has 15 nitrogen and oxygen atoms in total. The summed E-state index contributed by atoms with van der Waals surface area (Å²) in [5, 5.41) is 39.2. The number of phenols is 3. The first-order valence-corrected chi connectivity index (χ1v) is 16.8. The number of aromatic nitrogens is 3. The first-order chi connectivity index (χ1) is 25.3. The lowest BCUT2D eigenvalue weighted by Gasteiger charge is -2.38. The maximum absolute atomic E-state index is 15.5. The quantitative estimate of drug-likeness (QED) is 0.144. The number of amides is 1. The third-order valence-corrected chi connectivity index (χ3v) is 9.58. The molecule has 272 valence electrons. The molecule has 2 aliphatic rings. The lowest BCUT2D eigenvalue weighted by Crippen LogP contribution is -2.51. The number of fused-ring (bicyclic) bond motifs is 2. The van der Waals surface area contributed by atoms with E-state index < -0.39 is 45.9 Å². The van der Waals surface area contributed by atoms with Gasteiger partial charge in [0.05, 0.1) is 23.6 Å². The number of aromatic hydroxyl groups is 3. The number of carbonyl (C=O) groups is 2. The number of nitrogens with two attached hydrogens (primary N) is 1. The molecule has 7 rings (SSSR count). The minimum atomic E-state index is -1.37. The van der Waals surface area contributed by atoms with Gasteiger partial charge < -0.3 is 35.6 Å². The Morgan fingerprint density at radius 1 is 1.02 bits per heavy atom. The molecule has 17 heteroatoms. The van der Waals surface area contributed by atoms with Gasteiger partial charge in [0, 0.05) is 73.1 Å². The minimum Gasteiger partial charge on any atom is -0.504 e. The average molecular weight is 743 g/mol. The van der Waals surface area contributed by atoms with E-state index in [-0.39, 0.29) is 41.6 Å². The molecule has 0 spiro atoms. The highest BCUT2D eigenvalue weighted by Gasteiger charge is 2.36. The number of aryl methyl sites for hydroxylation is 1. The molecule has 0 aliphatic carbocycles. The molecule has 1 fully saturated rings. The van der Waals surface area contributed by atoms with Crippen LogP contribution in [-0.2, 0) is 17.8 Å². The van der Waals surface area contributed by atoms with Crippen molar-refractivity contribution in [1.82, 2.24) is 19.4 Å². The molecule has 53 heavy (non-hydrogen) atoms. The van der Waals surface area contributed by atoms with Crippen molar-refractivity contribution in [3.05, 3.63) is 98.2 Å². The number of hydrogen-bond acceptors (Lipinski definition) is 12. The molecule has 6 N–H and O–H groups in total. The topological polar surface area (TPSA) is 211 Å². The van der Waals surface area contributed by atoms with Crippen molar-refractivity contribution in [2.24, 2.45) is 4.99 Å². The number of carboxylic acids is 1. The number of piperazine rings is 1. The molecule has 3 aromatic carbocycles. The van der Waals surface area contributed by atoms with Crippen molar-refractivity contribution < 1.29 is 34.4 Å². The Balaban J connectivity index is 1.09. The fraction of sp³-hybridized carbons (Fsp3) is 0.222. The molecule has 4 heterocycles. The van der Waals surface area contributed by atoms with Crippen molar-refractivity contribution in [2.45, 2.75) is 19.9 Å². The number of carbonyl (C=O) groups excluding carboxylic acids is 1. The van der Waals surface area contributed by atoms with Gasteiger partial charge in [-0.15, -0.1) is 0 Å². The van der Waals surface area contributed by atoms with Crippen LogP contribution in [0.3, 0.4) is 0 Å². The zero-order valence-electron chi connectivity index (χ0n) is 28.1. The molecule has 2 aliphatic heterocycles. The van der Waals surface area contributed by atoms with E-state index in [1.165, 1.54) is 24.5 Å². The van der Waals surface area contributed by atoms with E-state index in [9.17, 15) is 34.8 Å². The molecule has 0 saturated carbocycles. The Hall–Kier alpha value is -6.26. The van der Waals surface area contributed by atoms with Crippen LogP contribution < -0.4 is 21.0 Å². The van der Waals surface area contributed by atoms with Gasteiger partial charge in [0.2, 0.25) is 5.43 Å². The summed E-state index contributed by atoms with van der Waals surface area (Å²) < 4.78 is 17.1. The van der Waals surface area contributed by atoms with Crippen molar-refractivity contribution in [3.8, 4) is 17.2 Å². The maximum Gasteiger partial charge on any atom is 0.341 e. The molecule has 2 aromatic heterocycles. The highest BCUT2D eigenvalue weighted by molar-refractivity contribution is 6.55. The zero-order valence-corrected chi connectivity index (χ0v) is 28.9. The third-order valence-electron chi connectivity index (χ3n) is 9.35. The number of phenolic OH excluding ortho intramolecular Hbond substituents is 3. The molecule has 1 amide bonds. The number of aromatic carboxylic acids is 1. The smallest absolute Gasteiger partial charge is 0.341 e. The predicted molar refractivity (Wildman–Crippen MR) is 195 cm³/mol. The van der Waals surface area contributed by atoms with E-state index >= 15 is 4.39 Å². The number of nitrogen functional groups attached to an aromatic ring is 1. The van der Waals surface area contributed by atoms with Crippen LogP contribution in [0.5, 0.6) is 17.2 Å². The number of benzene rings is 3. The molecule has 0 atom stereocenters. The van der Waals surface area contributed by atoms with Crippen LogP contribution in [0.25, 0.3) is 10.9 Å². The third kappa shape index (κ3) is 6.53. The number of hydrogen-bond donors (Lipinski definition) is 5. The van der Waals surface area contributed by atoms with Gasteiger partial charge in [-0.2, -0.15) is 4.98 Å². The standard InChI is InChI=1S/C36H32ClFN8O7/c1-2-44-16-23(35(52)53)31(49)22-13-24(38)27(14-26(22)44)45-7-5-43(6-8-45)17-46-25-4-3-20(37)12-21(25)30(34(46)51)41-36-40-15-19(33(39)42-36)9-18-10-28(47)32(50)29(48)11-18/h3-4,10-16,47-48,50H,2,5-9,17H2,1H3,(H,52,53)(H2,39,40,42)/b41-30-. The van der Waals surface area contributed by atoms with Crippen LogP contribution in [0.4, 0.5) is 27.5 Å². The van der Waals surface area contributed by atoms with Crippen LogP contribution in [0.1, 0.15) is 34.0 Å².